The molecular weight excluding hydrogens is 399 g/mol. The Morgan fingerprint density at radius 2 is 1.53 bits per heavy atom. The summed E-state index contributed by atoms with van der Waals surface area (Å²) in [5, 5.41) is 8.94. The van der Waals surface area contributed by atoms with Crippen LogP contribution in [0.3, 0.4) is 0 Å². The lowest BCUT2D eigenvalue weighted by Gasteiger charge is -2.31. The quantitative estimate of drug-likeness (QED) is 0.402. The van der Waals surface area contributed by atoms with Crippen molar-refractivity contribution in [2.45, 2.75) is 83.5 Å². The monoisotopic (exact) mass is 434 g/mol. The molecule has 0 unspecified atom stereocenters. The SMILES string of the molecule is O=C(O)CC=CC1CCC(CCC2CCC(CCc3ccc(Cl)c(F)c3)CC2)CC1. The molecule has 0 aromatic heterocycles. The molecule has 0 heterocycles. The van der Waals surface area contributed by atoms with Crippen molar-refractivity contribution in [2.75, 3.05) is 0 Å². The van der Waals surface area contributed by atoms with Gasteiger partial charge in [-0.05, 0) is 79.9 Å². The number of hydrogen-bond acceptors (Lipinski definition) is 1. The lowest BCUT2D eigenvalue weighted by Crippen LogP contribution is -2.18. The molecule has 166 valence electrons. The molecule has 0 radical (unpaired) electrons. The van der Waals surface area contributed by atoms with Crippen LogP contribution in [0, 0.1) is 29.5 Å². The summed E-state index contributed by atoms with van der Waals surface area (Å²) in [6.07, 6.45) is 19.4. The van der Waals surface area contributed by atoms with Gasteiger partial charge in [-0.2, -0.15) is 0 Å². The van der Waals surface area contributed by atoms with Crippen molar-refractivity contribution >= 4 is 17.6 Å². The number of carboxylic acid groups (broad SMARTS) is 1. The van der Waals surface area contributed by atoms with E-state index in [9.17, 15) is 9.18 Å². The van der Waals surface area contributed by atoms with Crippen molar-refractivity contribution < 1.29 is 14.3 Å². The lowest BCUT2D eigenvalue weighted by atomic mass is 9.74. The minimum absolute atomic E-state index is 0.152. The predicted molar refractivity (Wildman–Crippen MR) is 121 cm³/mol. The highest BCUT2D eigenvalue weighted by Gasteiger charge is 2.24. The van der Waals surface area contributed by atoms with Crippen LogP contribution in [0.4, 0.5) is 4.39 Å². The topological polar surface area (TPSA) is 37.3 Å². The maximum atomic E-state index is 13.6. The molecule has 4 heteroatoms. The van der Waals surface area contributed by atoms with E-state index in [4.69, 9.17) is 16.7 Å². The molecular formula is C26H36ClFO2. The number of carboxylic acids is 1. The Bertz CT molecular complexity index is 701. The van der Waals surface area contributed by atoms with Crippen LogP contribution in [0.5, 0.6) is 0 Å². The van der Waals surface area contributed by atoms with E-state index in [-0.39, 0.29) is 17.3 Å². The van der Waals surface area contributed by atoms with Crippen LogP contribution in [-0.4, -0.2) is 11.1 Å². The van der Waals surface area contributed by atoms with Crippen molar-refractivity contribution in [3.05, 3.63) is 46.8 Å². The molecule has 0 saturated heterocycles. The Balaban J connectivity index is 1.28. The Labute approximate surface area is 185 Å². The largest absolute Gasteiger partial charge is 0.481 e. The predicted octanol–water partition coefficient (Wildman–Crippen LogP) is 7.84. The second-order valence-corrected chi connectivity index (χ2v) is 9.97. The Kier molecular flexibility index (Phi) is 9.24. The zero-order valence-corrected chi connectivity index (χ0v) is 18.8. The fraction of sp³-hybridized carbons (Fsp3) is 0.654. The van der Waals surface area contributed by atoms with Gasteiger partial charge in [0.25, 0.3) is 0 Å². The van der Waals surface area contributed by atoms with Gasteiger partial charge in [-0.3, -0.25) is 4.79 Å². The molecule has 0 aliphatic heterocycles. The van der Waals surface area contributed by atoms with Crippen LogP contribution in [-0.2, 0) is 11.2 Å². The number of hydrogen-bond donors (Lipinski definition) is 1. The van der Waals surface area contributed by atoms with Gasteiger partial charge < -0.3 is 5.11 Å². The fourth-order valence-electron chi connectivity index (χ4n) is 5.38. The third-order valence-electron chi connectivity index (χ3n) is 7.37. The summed E-state index contributed by atoms with van der Waals surface area (Å²) in [4.78, 5) is 10.6. The summed E-state index contributed by atoms with van der Waals surface area (Å²) in [5.41, 5.74) is 1.06. The van der Waals surface area contributed by atoms with E-state index in [1.165, 1.54) is 64.2 Å². The van der Waals surface area contributed by atoms with Gasteiger partial charge in [-0.25, -0.2) is 4.39 Å². The highest BCUT2D eigenvalue weighted by Crippen LogP contribution is 2.38. The molecule has 2 aliphatic rings. The van der Waals surface area contributed by atoms with Crippen LogP contribution in [0.15, 0.2) is 30.4 Å². The van der Waals surface area contributed by atoms with Gasteiger partial charge in [0.15, 0.2) is 0 Å². The average Bonchev–Trinajstić information content (AvgIpc) is 2.74. The Morgan fingerprint density at radius 3 is 2.10 bits per heavy atom. The van der Waals surface area contributed by atoms with Gasteiger partial charge in [0.1, 0.15) is 5.82 Å². The maximum Gasteiger partial charge on any atom is 0.307 e. The molecule has 2 saturated carbocycles. The minimum Gasteiger partial charge on any atom is -0.481 e. The number of allylic oxidation sites excluding steroid dienone is 1. The first-order chi connectivity index (χ1) is 14.5. The van der Waals surface area contributed by atoms with Crippen molar-refractivity contribution in [3.63, 3.8) is 0 Å². The van der Waals surface area contributed by atoms with E-state index in [0.717, 1.165) is 36.2 Å². The minimum atomic E-state index is -0.742. The summed E-state index contributed by atoms with van der Waals surface area (Å²) >= 11 is 5.77. The molecule has 2 nitrogen and oxygen atoms in total. The lowest BCUT2D eigenvalue weighted by molar-refractivity contribution is -0.136. The first-order valence-electron chi connectivity index (χ1n) is 11.8. The first kappa shape index (κ1) is 23.3. The zero-order valence-electron chi connectivity index (χ0n) is 18.0. The summed E-state index contributed by atoms with van der Waals surface area (Å²) in [7, 11) is 0. The summed E-state index contributed by atoms with van der Waals surface area (Å²) in [5.74, 6) is 2.09. The van der Waals surface area contributed by atoms with E-state index in [0.29, 0.717) is 5.92 Å². The number of benzene rings is 1. The summed E-state index contributed by atoms with van der Waals surface area (Å²) in [6, 6.07) is 5.21. The number of carbonyl (C=O) groups is 1. The van der Waals surface area contributed by atoms with E-state index >= 15 is 0 Å². The van der Waals surface area contributed by atoms with Crippen LogP contribution >= 0.6 is 11.6 Å². The van der Waals surface area contributed by atoms with Gasteiger partial charge in [0.2, 0.25) is 0 Å². The van der Waals surface area contributed by atoms with Crippen LogP contribution in [0.2, 0.25) is 5.02 Å². The highest BCUT2D eigenvalue weighted by atomic mass is 35.5. The van der Waals surface area contributed by atoms with Gasteiger partial charge in [0.05, 0.1) is 11.4 Å². The number of halogens is 2. The van der Waals surface area contributed by atoms with Gasteiger partial charge >= 0.3 is 5.97 Å². The van der Waals surface area contributed by atoms with Gasteiger partial charge in [-0.15, -0.1) is 0 Å². The molecule has 2 aliphatic carbocycles. The average molecular weight is 435 g/mol. The van der Waals surface area contributed by atoms with E-state index in [2.05, 4.69) is 6.08 Å². The third-order valence-corrected chi connectivity index (χ3v) is 7.67. The van der Waals surface area contributed by atoms with Crippen LogP contribution in [0.1, 0.15) is 82.6 Å². The van der Waals surface area contributed by atoms with Crippen molar-refractivity contribution in [1.29, 1.82) is 0 Å². The highest BCUT2D eigenvalue weighted by molar-refractivity contribution is 6.30. The van der Waals surface area contributed by atoms with Crippen LogP contribution in [0.25, 0.3) is 0 Å². The second-order valence-electron chi connectivity index (χ2n) is 9.56. The molecule has 0 amide bonds. The Hall–Kier alpha value is -1.35. The number of aryl methyl sites for hydroxylation is 1. The number of rotatable bonds is 9. The third kappa shape index (κ3) is 7.72. The summed E-state index contributed by atoms with van der Waals surface area (Å²) in [6.45, 7) is 0. The summed E-state index contributed by atoms with van der Waals surface area (Å²) < 4.78 is 13.6. The normalized spacial score (nSPS) is 27.4. The molecule has 0 atom stereocenters. The van der Waals surface area contributed by atoms with Crippen LogP contribution < -0.4 is 0 Å². The van der Waals surface area contributed by atoms with E-state index < -0.39 is 5.97 Å². The standard InChI is InChI=1S/C26H36ClFO2/c27-24-17-16-23(18-25(24)28)15-14-22-12-10-21(11-13-22)9-8-20-6-4-19(5-7-20)2-1-3-26(29)30/h1-2,16-22H,3-15H2,(H,29,30). The molecule has 2 fully saturated rings. The first-order valence-corrected chi connectivity index (χ1v) is 12.2. The molecule has 1 aromatic carbocycles. The van der Waals surface area contributed by atoms with E-state index in [1.807, 2.05) is 12.1 Å². The Morgan fingerprint density at radius 1 is 0.967 bits per heavy atom. The van der Waals surface area contributed by atoms with Gasteiger partial charge in [-0.1, -0.05) is 68.3 Å². The zero-order chi connectivity index (χ0) is 21.3. The van der Waals surface area contributed by atoms with Gasteiger partial charge in [0, 0.05) is 0 Å². The second kappa shape index (κ2) is 11.9. The smallest absolute Gasteiger partial charge is 0.307 e. The molecule has 30 heavy (non-hydrogen) atoms. The molecule has 1 aromatic rings. The number of aliphatic carboxylic acids is 1. The molecule has 3 rings (SSSR count). The van der Waals surface area contributed by atoms with Crippen molar-refractivity contribution in [3.8, 4) is 0 Å². The van der Waals surface area contributed by atoms with Crippen molar-refractivity contribution in [2.24, 2.45) is 23.7 Å². The van der Waals surface area contributed by atoms with Crippen molar-refractivity contribution in [1.82, 2.24) is 0 Å². The molecule has 1 N–H and O–H groups in total. The molecule has 0 spiro atoms. The fourth-order valence-corrected chi connectivity index (χ4v) is 5.49. The molecule has 0 bridgehead atoms. The maximum absolute atomic E-state index is 13.6. The van der Waals surface area contributed by atoms with E-state index in [1.54, 1.807) is 12.1 Å².